The van der Waals surface area contributed by atoms with Gasteiger partial charge >= 0.3 is 0 Å². The molecule has 6 radical (unpaired) electrons. The molecule has 0 atom stereocenters. The van der Waals surface area contributed by atoms with Crippen LogP contribution in [-0.4, -0.2) is 79.7 Å². The number of pyridine rings is 8. The molecule has 0 amide bonds. The monoisotopic (exact) mass is 2290 g/mol. The first kappa shape index (κ1) is 72.1. The van der Waals surface area contributed by atoms with Gasteiger partial charge in [0.05, 0.1) is 6.20 Å². The van der Waals surface area contributed by atoms with Crippen LogP contribution in [0.25, 0.3) is 131 Å². The van der Waals surface area contributed by atoms with Crippen LogP contribution in [0.15, 0.2) is 214 Å². The quantitative estimate of drug-likeness (QED) is 0.0599. The molecule has 0 bridgehead atoms. The summed E-state index contributed by atoms with van der Waals surface area (Å²) >= 11 is 0. The Labute approximate surface area is 607 Å². The van der Waals surface area contributed by atoms with Crippen molar-refractivity contribution >= 4 is 131 Å². The average molecular weight is 2290 g/mol. The third kappa shape index (κ3) is 16.5. The van der Waals surface area contributed by atoms with Crippen molar-refractivity contribution < 1.29 is 134 Å². The number of benzene rings is 6. The van der Waals surface area contributed by atoms with Crippen molar-refractivity contribution in [2.45, 2.75) is 0 Å². The number of hydrogen-bond donors (Lipinski definition) is 0. The van der Waals surface area contributed by atoms with Gasteiger partial charge in [0.2, 0.25) is 0 Å². The Bertz CT molecular complexity index is 5020. The van der Waals surface area contributed by atoms with Gasteiger partial charge in [0.1, 0.15) is 18.1 Å². The zero-order valence-electron chi connectivity index (χ0n) is 47.0. The van der Waals surface area contributed by atoms with Gasteiger partial charge in [0.25, 0.3) is 6.08 Å². The predicted molar refractivity (Wildman–Crippen MR) is 326 cm³/mol. The molecule has 25 heteroatoms. The summed E-state index contributed by atoms with van der Waals surface area (Å²) in [6.45, 7) is 0. The van der Waals surface area contributed by atoms with Crippen molar-refractivity contribution in [3.63, 3.8) is 0 Å². The van der Waals surface area contributed by atoms with Crippen LogP contribution in [0.3, 0.4) is 0 Å². The first-order chi connectivity index (χ1) is 42.9. The van der Waals surface area contributed by atoms with Gasteiger partial charge in [-0.1, -0.05) is 148 Å². The summed E-state index contributed by atoms with van der Waals surface area (Å²) in [7, 11) is 0. The third-order valence-electron chi connectivity index (χ3n) is 13.4. The van der Waals surface area contributed by atoms with Gasteiger partial charge in [-0.05, 0) is 124 Å². The Morgan fingerprint density at radius 2 is 0.720 bits per heavy atom. The second-order valence-corrected chi connectivity index (χ2v) is 18.7. The molecule has 0 unspecified atom stereocenters. The van der Waals surface area contributed by atoms with Crippen molar-refractivity contribution in [3.05, 3.63) is 269 Å². The Morgan fingerprint density at radius 1 is 0.301 bits per heavy atom. The van der Waals surface area contributed by atoms with Gasteiger partial charge in [-0.15, -0.1) is 42.5 Å². The van der Waals surface area contributed by atoms with Gasteiger partial charge in [0, 0.05) is 175 Å². The number of nitrogens with zero attached hydrogens (tertiary/aromatic N) is 16. The molecule has 0 aliphatic rings. The van der Waals surface area contributed by atoms with E-state index in [1.807, 2.05) is 97.1 Å². The second-order valence-electron chi connectivity index (χ2n) is 18.7. The molecular weight excluding hydrogens is 2250 g/mol. The summed E-state index contributed by atoms with van der Waals surface area (Å²) in [4.78, 5) is 64.7. The van der Waals surface area contributed by atoms with Crippen LogP contribution in [0.1, 0.15) is 0 Å². The van der Waals surface area contributed by atoms with E-state index >= 15 is 0 Å². The molecule has 0 fully saturated rings. The molecule has 18 rings (SSSR count). The van der Waals surface area contributed by atoms with Gasteiger partial charge in [-0.3, -0.25) is 9.97 Å². The molecule has 12 aromatic heterocycles. The van der Waals surface area contributed by atoms with E-state index in [1.165, 1.54) is 37.2 Å². The number of halogens is 3. The summed E-state index contributed by atoms with van der Waals surface area (Å²) in [6.07, 6.45) is 24.3. The minimum absolute atomic E-state index is 0. The summed E-state index contributed by atoms with van der Waals surface area (Å²) in [5.74, 6) is -0.864. The average Bonchev–Trinajstić information content (AvgIpc) is 2.14. The summed E-state index contributed by atoms with van der Waals surface area (Å²) < 4.78 is 38.7. The van der Waals surface area contributed by atoms with Crippen LogP contribution >= 0.6 is 0 Å². The molecule has 0 N–H and O–H groups in total. The number of fused-ring (bicyclic) bond motifs is 18. The van der Waals surface area contributed by atoms with E-state index in [-0.39, 0.29) is 126 Å². The molecule has 18 aromatic rings. The first-order valence-corrected chi connectivity index (χ1v) is 26.5. The van der Waals surface area contributed by atoms with Gasteiger partial charge in [0.15, 0.2) is 0 Å². The Hall–Kier alpha value is -8.35. The third-order valence-corrected chi connectivity index (χ3v) is 13.4. The van der Waals surface area contributed by atoms with Gasteiger partial charge < -0.3 is 59.8 Å². The molecule has 0 saturated carbocycles. The van der Waals surface area contributed by atoms with Crippen molar-refractivity contribution in [1.29, 1.82) is 0 Å². The maximum atomic E-state index is 12.9. The number of aromatic nitrogens is 16. The topological polar surface area (TPSA) is 206 Å². The minimum atomic E-state index is -0.729. The first-order valence-electron chi connectivity index (χ1n) is 26.5. The summed E-state index contributed by atoms with van der Waals surface area (Å²) in [6, 6.07) is 54.7. The molecule has 468 valence electrons. The molecule has 0 saturated heterocycles. The van der Waals surface area contributed by atoms with Crippen molar-refractivity contribution in [1.82, 2.24) is 79.7 Å². The summed E-state index contributed by atoms with van der Waals surface area (Å²) in [5, 5.41) is 10.8. The Kier molecular flexibility index (Phi) is 26.3. The fourth-order valence-corrected chi connectivity index (χ4v) is 9.46. The maximum Gasteiger partial charge on any atom is 0.299 e. The normalized spacial score (nSPS) is 10.2. The van der Waals surface area contributed by atoms with Gasteiger partial charge in [-0.2, -0.15) is 4.39 Å². The fraction of sp³-hybridized carbons (Fsp3) is 0. The molecule has 93 heavy (non-hydrogen) atoms. The van der Waals surface area contributed by atoms with Crippen molar-refractivity contribution in [3.8, 4) is 0 Å². The van der Waals surface area contributed by atoms with E-state index < -0.39 is 12.0 Å². The predicted octanol–water partition coefficient (Wildman–Crippen LogP) is 13.5. The van der Waals surface area contributed by atoms with E-state index in [1.54, 1.807) is 80.0 Å². The van der Waals surface area contributed by atoms with Crippen LogP contribution in [0.5, 0.6) is 0 Å². The van der Waals surface area contributed by atoms with Crippen LogP contribution < -0.4 is 0 Å². The van der Waals surface area contributed by atoms with Crippen LogP contribution in [0.4, 0.5) is 13.2 Å². The van der Waals surface area contributed by atoms with E-state index in [2.05, 4.69) is 116 Å². The maximum absolute atomic E-state index is 12.9. The molecule has 6 aromatic carbocycles. The van der Waals surface area contributed by atoms with E-state index in [0.717, 1.165) is 114 Å². The SMILES string of the molecule is Fc1c[c-]c2c(ccc3cccnc32)n1.Fc1cnc2c(ccc3ncn[c-]c32)c1.Fc1ncc2ccc3ncc[c-]c3c2n1.[Ir].[Ir].[Ir].[Ir].[Ir].[Ir].[c-]1ccnc2ccc3cccnc3c12.[c-]1ccnc2ccc3cncnc3c12.[c-]1ncnc2ccc3cccnc3c12. The molecular formula is C68H35F3Ir6N16-6. The molecule has 0 spiro atoms. The Balaban J connectivity index is 0.000000156. The van der Waals surface area contributed by atoms with Crippen molar-refractivity contribution in [2.24, 2.45) is 0 Å². The van der Waals surface area contributed by atoms with Crippen molar-refractivity contribution in [2.75, 3.05) is 0 Å². The van der Waals surface area contributed by atoms with E-state index in [4.69, 9.17) is 0 Å². The standard InChI is InChI=1S/C12H6FN2.C12H7N2.2C11H5FN3.2C11H6N3.6Ir/c13-11-6-4-9-10(15-11)5-3-8-2-1-7-14-12(8)9;1-3-9-5-6-11-10(4-2-7-13-11)12(9)14-8-1;12-8-3-7-1-2-10-9(5-13-6-15-10)11(7)14-4-8;12-11-14-6-7-3-4-9-8(10(7)15-11)2-1-5-13-9;1-2-9-10(13-5-1)4-3-8-6-12-7-14-11(8)9;1-2-8-3-4-10-9(6-12-7-14-10)11(8)13-5-1;;;;;;/h1-3,5-7H;1-3,5-8H;1-4,6H;1,3-6H;1,3-7H;1-5,7H;;;;;;/q6*-1;;;;;;. The number of hydrogen-bond acceptors (Lipinski definition) is 16. The smallest absolute Gasteiger partial charge is 0.299 e. The van der Waals surface area contributed by atoms with Crippen LogP contribution in [-0.2, 0) is 121 Å². The molecule has 12 heterocycles. The van der Waals surface area contributed by atoms with E-state index in [0.29, 0.717) is 16.6 Å². The van der Waals surface area contributed by atoms with E-state index in [9.17, 15) is 13.2 Å². The van der Waals surface area contributed by atoms with Crippen LogP contribution in [0.2, 0.25) is 0 Å². The zero-order chi connectivity index (χ0) is 58.9. The second kappa shape index (κ2) is 34.0. The number of rotatable bonds is 0. The molecule has 16 nitrogen and oxygen atoms in total. The fourth-order valence-electron chi connectivity index (χ4n) is 9.46. The molecule has 0 aliphatic heterocycles. The van der Waals surface area contributed by atoms with Gasteiger partial charge in [-0.25, -0.2) is 18.7 Å². The molecule has 0 aliphatic carbocycles. The zero-order valence-corrected chi connectivity index (χ0v) is 61.4. The van der Waals surface area contributed by atoms with Crippen LogP contribution in [0, 0.1) is 54.5 Å². The minimum Gasteiger partial charge on any atom is -0.352 e. The largest absolute Gasteiger partial charge is 0.352 e. The summed E-state index contributed by atoms with van der Waals surface area (Å²) in [5.41, 5.74) is 9.66. The Morgan fingerprint density at radius 3 is 1.25 bits per heavy atom.